The predicted octanol–water partition coefficient (Wildman–Crippen LogP) is 3.55. The fourth-order valence-corrected chi connectivity index (χ4v) is 7.63. The minimum Gasteiger partial charge on any atom is -0.459 e. The fraction of sp³-hybridized carbons (Fsp3) is 0.364. The average molecular weight is 429 g/mol. The highest BCUT2D eigenvalue weighted by Crippen LogP contribution is 2.64. The Bertz CT molecular complexity index is 933. The zero-order valence-corrected chi connectivity index (χ0v) is 18.3. The van der Waals surface area contributed by atoms with E-state index in [1.807, 2.05) is 75.4 Å². The number of aryl methyl sites for hydroxylation is 1. The third kappa shape index (κ3) is 3.45. The lowest BCUT2D eigenvalue weighted by atomic mass is 9.96. The second kappa shape index (κ2) is 7.38. The van der Waals surface area contributed by atoms with E-state index in [2.05, 4.69) is 0 Å². The molecule has 0 saturated carbocycles. The van der Waals surface area contributed by atoms with Crippen molar-refractivity contribution >= 4 is 35.4 Å². The van der Waals surface area contributed by atoms with Gasteiger partial charge >= 0.3 is 5.97 Å². The van der Waals surface area contributed by atoms with Crippen molar-refractivity contribution in [3.63, 3.8) is 0 Å². The Kier molecular flexibility index (Phi) is 5.17. The Morgan fingerprint density at radius 3 is 2.48 bits per heavy atom. The number of thioether (sulfide) groups is 2. The number of β-lactam (4-membered cyclic amide) rings is 1. The molecule has 29 heavy (non-hydrogen) atoms. The van der Waals surface area contributed by atoms with Gasteiger partial charge in [0.25, 0.3) is 0 Å². The normalized spacial score (nSPS) is 27.3. The Balaban J connectivity index is 1.57. The third-order valence-corrected chi connectivity index (χ3v) is 8.53. The lowest BCUT2D eigenvalue weighted by Gasteiger charge is -2.51. The van der Waals surface area contributed by atoms with Crippen molar-refractivity contribution in [2.75, 3.05) is 0 Å². The first kappa shape index (κ1) is 20.3. The minimum atomic E-state index is -0.702. The maximum Gasteiger partial charge on any atom is 0.330 e. The monoisotopic (exact) mass is 428 g/mol. The fourth-order valence-electron chi connectivity index (χ4n) is 3.81. The zero-order valence-electron chi connectivity index (χ0n) is 16.6. The van der Waals surface area contributed by atoms with Crippen LogP contribution in [-0.2, 0) is 20.9 Å². The number of rotatable bonds is 5. The molecule has 2 fully saturated rings. The van der Waals surface area contributed by atoms with Crippen LogP contribution in [0.5, 0.6) is 0 Å². The van der Waals surface area contributed by atoms with Crippen LogP contribution in [0.1, 0.15) is 25.0 Å². The summed E-state index contributed by atoms with van der Waals surface area (Å²) in [6.45, 7) is 6.16. The number of carbonyl (C=O) groups excluding carboxylic acids is 2. The van der Waals surface area contributed by atoms with Crippen LogP contribution in [0.15, 0.2) is 59.5 Å². The lowest BCUT2D eigenvalue weighted by Crippen LogP contribution is -2.75. The molecule has 0 spiro atoms. The number of nitrogens with two attached hydrogens (primary N) is 1. The van der Waals surface area contributed by atoms with Crippen molar-refractivity contribution in [1.82, 2.24) is 4.90 Å². The summed E-state index contributed by atoms with van der Waals surface area (Å²) in [5, 5.41) is 0. The van der Waals surface area contributed by atoms with Gasteiger partial charge in [0.2, 0.25) is 5.91 Å². The highest BCUT2D eigenvalue weighted by atomic mass is 32.2. The van der Waals surface area contributed by atoms with E-state index in [-0.39, 0.29) is 12.5 Å². The molecule has 152 valence electrons. The Morgan fingerprint density at radius 2 is 1.83 bits per heavy atom. The van der Waals surface area contributed by atoms with Crippen LogP contribution in [0.4, 0.5) is 0 Å². The summed E-state index contributed by atoms with van der Waals surface area (Å²) in [5.41, 5.74) is 8.36. The Labute approximate surface area is 179 Å². The van der Waals surface area contributed by atoms with Crippen molar-refractivity contribution < 1.29 is 14.3 Å². The van der Waals surface area contributed by atoms with Gasteiger partial charge in [-0.1, -0.05) is 59.8 Å². The molecular formula is C22H24N2O3S2. The average Bonchev–Trinajstić information content (AvgIpc) is 2.93. The molecule has 0 aromatic heterocycles. The van der Waals surface area contributed by atoms with Crippen molar-refractivity contribution in [3.8, 4) is 0 Å². The van der Waals surface area contributed by atoms with Gasteiger partial charge in [0.05, 0.1) is 0 Å². The molecule has 2 aliphatic rings. The molecular weight excluding hydrogens is 404 g/mol. The molecule has 2 heterocycles. The van der Waals surface area contributed by atoms with Gasteiger partial charge in [-0.15, -0.1) is 11.8 Å². The van der Waals surface area contributed by atoms with Crippen LogP contribution < -0.4 is 5.73 Å². The van der Waals surface area contributed by atoms with Gasteiger partial charge in [-0.05, 0) is 38.5 Å². The predicted molar refractivity (Wildman–Crippen MR) is 116 cm³/mol. The molecule has 2 aromatic rings. The number of fused-ring (bicyclic) bond motifs is 1. The molecule has 4 rings (SSSR count). The van der Waals surface area contributed by atoms with Crippen molar-refractivity contribution in [3.05, 3.63) is 65.7 Å². The molecule has 1 unspecified atom stereocenters. The molecule has 0 radical (unpaired) electrons. The van der Waals surface area contributed by atoms with Gasteiger partial charge < -0.3 is 10.5 Å². The Morgan fingerprint density at radius 1 is 1.17 bits per heavy atom. The summed E-state index contributed by atoms with van der Waals surface area (Å²) in [4.78, 5) is 28.4. The molecule has 0 bridgehead atoms. The zero-order chi connectivity index (χ0) is 20.8. The van der Waals surface area contributed by atoms with Crippen LogP contribution in [0.3, 0.4) is 0 Å². The molecule has 3 atom stereocenters. The van der Waals surface area contributed by atoms with Gasteiger partial charge in [-0.3, -0.25) is 9.69 Å². The molecule has 2 aliphatic heterocycles. The van der Waals surface area contributed by atoms with E-state index < -0.39 is 27.0 Å². The van der Waals surface area contributed by atoms with E-state index in [0.29, 0.717) is 0 Å². The van der Waals surface area contributed by atoms with Crippen LogP contribution >= 0.6 is 23.5 Å². The molecule has 2 saturated heterocycles. The molecule has 2 N–H and O–H groups in total. The van der Waals surface area contributed by atoms with E-state index in [1.165, 1.54) is 5.56 Å². The quantitative estimate of drug-likeness (QED) is 0.580. The second-order valence-corrected chi connectivity index (χ2v) is 11.4. The van der Waals surface area contributed by atoms with Gasteiger partial charge in [0, 0.05) is 9.64 Å². The summed E-state index contributed by atoms with van der Waals surface area (Å²) in [6.07, 6.45) is 0. The maximum absolute atomic E-state index is 13.0. The van der Waals surface area contributed by atoms with E-state index in [1.54, 1.807) is 28.4 Å². The van der Waals surface area contributed by atoms with Crippen molar-refractivity contribution in [2.45, 2.75) is 53.3 Å². The van der Waals surface area contributed by atoms with E-state index >= 15 is 0 Å². The number of hydrogen-bond acceptors (Lipinski definition) is 6. The van der Waals surface area contributed by atoms with Crippen LogP contribution in [0.2, 0.25) is 0 Å². The first-order valence-electron chi connectivity index (χ1n) is 9.50. The number of carbonyl (C=O) groups is 2. The van der Waals surface area contributed by atoms with Crippen LogP contribution in [0, 0.1) is 6.92 Å². The molecule has 2 aromatic carbocycles. The van der Waals surface area contributed by atoms with Gasteiger partial charge in [-0.25, -0.2) is 4.79 Å². The molecule has 1 amide bonds. The number of amides is 1. The summed E-state index contributed by atoms with van der Waals surface area (Å²) >= 11 is 3.12. The van der Waals surface area contributed by atoms with Gasteiger partial charge in [0.15, 0.2) is 4.20 Å². The maximum atomic E-state index is 13.0. The highest BCUT2D eigenvalue weighted by molar-refractivity contribution is 8.19. The number of ether oxygens (including phenoxy) is 1. The summed E-state index contributed by atoms with van der Waals surface area (Å²) < 4.78 is 4.38. The second-order valence-electron chi connectivity index (χ2n) is 7.93. The summed E-state index contributed by atoms with van der Waals surface area (Å²) in [6, 6.07) is 16.3. The molecule has 7 heteroatoms. The standard InChI is InChI=1S/C22H24N2O3S2/c1-14-9-11-16(12-10-14)28-22-17(23)19(25)24(22)18(21(2,3)29-22)20(26)27-13-15-7-5-4-6-8-15/h4-12,17-18H,13,23H2,1-3H3/t17-,18+,22?/m1/s1. The van der Waals surface area contributed by atoms with E-state index in [9.17, 15) is 9.59 Å². The van der Waals surface area contributed by atoms with E-state index in [4.69, 9.17) is 10.5 Å². The third-order valence-electron chi connectivity index (χ3n) is 5.29. The van der Waals surface area contributed by atoms with Crippen molar-refractivity contribution in [2.24, 2.45) is 5.73 Å². The summed E-state index contributed by atoms with van der Waals surface area (Å²) in [5.74, 6) is -0.595. The summed E-state index contributed by atoms with van der Waals surface area (Å²) in [7, 11) is 0. The molecule has 5 nitrogen and oxygen atoms in total. The smallest absolute Gasteiger partial charge is 0.330 e. The van der Waals surface area contributed by atoms with E-state index in [0.717, 1.165) is 10.5 Å². The number of esters is 1. The number of hydrogen-bond donors (Lipinski definition) is 1. The number of benzene rings is 2. The lowest BCUT2D eigenvalue weighted by molar-refractivity contribution is -0.165. The number of nitrogens with zero attached hydrogens (tertiary/aromatic N) is 1. The molecule has 0 aliphatic carbocycles. The van der Waals surface area contributed by atoms with Crippen molar-refractivity contribution in [1.29, 1.82) is 0 Å². The minimum absolute atomic E-state index is 0.184. The SMILES string of the molecule is Cc1ccc(SC23SC(C)(C)[C@H](C(=O)OCc4ccccc4)N2C(=O)[C@H]3N)cc1. The van der Waals surface area contributed by atoms with Gasteiger partial charge in [0.1, 0.15) is 18.7 Å². The Hall–Kier alpha value is -1.96. The highest BCUT2D eigenvalue weighted by Gasteiger charge is 2.72. The van der Waals surface area contributed by atoms with Crippen LogP contribution in [0.25, 0.3) is 0 Å². The largest absolute Gasteiger partial charge is 0.459 e. The first-order chi connectivity index (χ1) is 13.7. The first-order valence-corrected chi connectivity index (χ1v) is 11.1. The van der Waals surface area contributed by atoms with Crippen LogP contribution in [-0.4, -0.2) is 37.8 Å². The van der Waals surface area contributed by atoms with Gasteiger partial charge in [-0.2, -0.15) is 0 Å². The topological polar surface area (TPSA) is 72.6 Å².